The number of nitrogens with one attached hydrogen (secondary N) is 1. The highest BCUT2D eigenvalue weighted by Crippen LogP contribution is 2.13. The maximum absolute atomic E-state index is 11.9. The quantitative estimate of drug-likeness (QED) is 0.760. The van der Waals surface area contributed by atoms with Crippen LogP contribution in [-0.2, 0) is 30.4 Å². The molecule has 0 spiro atoms. The molecule has 0 aliphatic rings. The molecule has 0 aliphatic heterocycles. The Hall–Kier alpha value is -1.45. The van der Waals surface area contributed by atoms with Crippen LogP contribution in [0.2, 0.25) is 0 Å². The zero-order chi connectivity index (χ0) is 15.6. The highest BCUT2D eigenvalue weighted by Gasteiger charge is 2.21. The molecule has 0 bridgehead atoms. The average Bonchev–Trinajstić information content (AvgIpc) is 2.26. The predicted octanol–water partition coefficient (Wildman–Crippen LogP) is -0.0174. The second-order valence-electron chi connectivity index (χ2n) is 4.40. The van der Waals surface area contributed by atoms with Crippen molar-refractivity contribution in [3.8, 4) is 0 Å². The second kappa shape index (κ2) is 5.90. The number of carboxylic acids is 1. The fraction of sp³-hybridized carbons (Fsp3) is 0.364. The van der Waals surface area contributed by atoms with Crippen molar-refractivity contribution in [1.82, 2.24) is 4.72 Å². The first-order valence-electron chi connectivity index (χ1n) is 5.53. The first-order chi connectivity index (χ1) is 9.01. The minimum Gasteiger partial charge on any atom is -0.480 e. The van der Waals surface area contributed by atoms with E-state index in [1.54, 1.807) is 0 Å². The topological polar surface area (TPSA) is 118 Å². The van der Waals surface area contributed by atoms with Gasteiger partial charge < -0.3 is 5.11 Å². The molecule has 1 aromatic rings. The molecule has 1 rings (SSSR count). The molecule has 0 aliphatic carbocycles. The van der Waals surface area contributed by atoms with Crippen molar-refractivity contribution in [3.63, 3.8) is 0 Å². The first-order valence-corrected chi connectivity index (χ1v) is 9.07. The van der Waals surface area contributed by atoms with E-state index in [0.717, 1.165) is 6.26 Å². The SMILES string of the molecule is CC(NS(=O)(=O)c1ccc(CS(C)(=O)=O)cc1)C(=O)O. The maximum Gasteiger partial charge on any atom is 0.321 e. The van der Waals surface area contributed by atoms with Gasteiger partial charge in [-0.2, -0.15) is 4.72 Å². The van der Waals surface area contributed by atoms with Crippen molar-refractivity contribution >= 4 is 25.8 Å². The average molecular weight is 321 g/mol. The van der Waals surface area contributed by atoms with Crippen LogP contribution >= 0.6 is 0 Å². The van der Waals surface area contributed by atoms with Gasteiger partial charge in [0.15, 0.2) is 9.84 Å². The number of aliphatic carboxylic acids is 1. The fourth-order valence-corrected chi connectivity index (χ4v) is 3.41. The number of sulfonamides is 1. The number of hydrogen-bond donors (Lipinski definition) is 2. The number of carboxylic acid groups (broad SMARTS) is 1. The van der Waals surface area contributed by atoms with Crippen LogP contribution in [0.15, 0.2) is 29.2 Å². The summed E-state index contributed by atoms with van der Waals surface area (Å²) in [6.07, 6.45) is 1.08. The summed E-state index contributed by atoms with van der Waals surface area (Å²) in [6, 6.07) is 3.97. The molecule has 0 aromatic heterocycles. The smallest absolute Gasteiger partial charge is 0.321 e. The number of carbonyl (C=O) groups is 1. The Labute approximate surface area is 117 Å². The van der Waals surface area contributed by atoms with Gasteiger partial charge in [-0.3, -0.25) is 4.79 Å². The molecule has 0 radical (unpaired) electrons. The highest BCUT2D eigenvalue weighted by molar-refractivity contribution is 7.90. The lowest BCUT2D eigenvalue weighted by molar-refractivity contribution is -0.138. The van der Waals surface area contributed by atoms with E-state index in [1.807, 2.05) is 4.72 Å². The van der Waals surface area contributed by atoms with E-state index in [-0.39, 0.29) is 10.6 Å². The molecule has 0 saturated carbocycles. The minimum atomic E-state index is -3.95. The normalized spacial score (nSPS) is 13.9. The summed E-state index contributed by atoms with van der Waals surface area (Å²) in [4.78, 5) is 10.5. The number of hydrogen-bond acceptors (Lipinski definition) is 5. The van der Waals surface area contributed by atoms with E-state index < -0.39 is 31.9 Å². The number of benzene rings is 1. The van der Waals surface area contributed by atoms with E-state index >= 15 is 0 Å². The van der Waals surface area contributed by atoms with Gasteiger partial charge in [0.2, 0.25) is 10.0 Å². The molecular formula is C11H15NO6S2. The number of rotatable bonds is 6. The van der Waals surface area contributed by atoms with Crippen molar-refractivity contribution in [2.24, 2.45) is 0 Å². The van der Waals surface area contributed by atoms with Gasteiger partial charge in [-0.1, -0.05) is 12.1 Å². The van der Waals surface area contributed by atoms with Crippen LogP contribution in [0.25, 0.3) is 0 Å². The van der Waals surface area contributed by atoms with Crippen LogP contribution in [-0.4, -0.2) is 40.2 Å². The summed E-state index contributed by atoms with van der Waals surface area (Å²) >= 11 is 0. The largest absolute Gasteiger partial charge is 0.480 e. The Balaban J connectivity index is 2.95. The van der Waals surface area contributed by atoms with E-state index in [0.29, 0.717) is 5.56 Å². The summed E-state index contributed by atoms with van der Waals surface area (Å²) in [5, 5.41) is 8.67. The summed E-state index contributed by atoms with van der Waals surface area (Å²) < 4.78 is 47.9. The third-order valence-electron chi connectivity index (χ3n) is 2.36. The number of sulfone groups is 1. The Morgan fingerprint density at radius 3 is 2.10 bits per heavy atom. The van der Waals surface area contributed by atoms with E-state index in [4.69, 9.17) is 5.11 Å². The van der Waals surface area contributed by atoms with Gasteiger partial charge in [-0.25, -0.2) is 16.8 Å². The van der Waals surface area contributed by atoms with Gasteiger partial charge in [0, 0.05) is 6.26 Å². The lowest BCUT2D eigenvalue weighted by atomic mass is 10.2. The van der Waals surface area contributed by atoms with Gasteiger partial charge in [-0.15, -0.1) is 0 Å². The maximum atomic E-state index is 11.9. The standard InChI is InChI=1S/C11H15NO6S2/c1-8(11(13)14)12-20(17,18)10-5-3-9(4-6-10)7-19(2,15)16/h3-6,8,12H,7H2,1-2H3,(H,13,14). The lowest BCUT2D eigenvalue weighted by Gasteiger charge is -2.10. The first kappa shape index (κ1) is 16.6. The predicted molar refractivity (Wildman–Crippen MR) is 72.4 cm³/mol. The second-order valence-corrected chi connectivity index (χ2v) is 8.25. The Bertz CT molecular complexity index is 691. The molecule has 0 saturated heterocycles. The highest BCUT2D eigenvalue weighted by atomic mass is 32.2. The van der Waals surface area contributed by atoms with E-state index in [9.17, 15) is 21.6 Å². The molecule has 2 N–H and O–H groups in total. The van der Waals surface area contributed by atoms with Crippen LogP contribution < -0.4 is 4.72 Å². The Morgan fingerprint density at radius 2 is 1.70 bits per heavy atom. The van der Waals surface area contributed by atoms with E-state index in [2.05, 4.69) is 0 Å². The molecule has 0 amide bonds. The summed E-state index contributed by atoms with van der Waals surface area (Å²) in [5.74, 6) is -1.48. The summed E-state index contributed by atoms with van der Waals surface area (Å²) in [7, 11) is -7.14. The molecule has 9 heteroatoms. The van der Waals surface area contributed by atoms with Crippen LogP contribution in [0, 0.1) is 0 Å². The Kier molecular flexibility index (Phi) is 4.90. The third-order valence-corrected chi connectivity index (χ3v) is 4.78. The van der Waals surface area contributed by atoms with Crippen molar-refractivity contribution in [3.05, 3.63) is 29.8 Å². The van der Waals surface area contributed by atoms with E-state index in [1.165, 1.54) is 31.2 Å². The van der Waals surface area contributed by atoms with Crippen LogP contribution in [0.4, 0.5) is 0 Å². The van der Waals surface area contributed by atoms with Crippen molar-refractivity contribution in [2.75, 3.05) is 6.26 Å². The molecule has 1 aromatic carbocycles. The molecular weight excluding hydrogens is 306 g/mol. The van der Waals surface area contributed by atoms with Crippen LogP contribution in [0.5, 0.6) is 0 Å². The molecule has 1 atom stereocenters. The van der Waals surface area contributed by atoms with Gasteiger partial charge >= 0.3 is 5.97 Å². The molecule has 0 heterocycles. The van der Waals surface area contributed by atoms with Gasteiger partial charge in [-0.05, 0) is 24.6 Å². The fourth-order valence-electron chi connectivity index (χ4n) is 1.42. The monoisotopic (exact) mass is 321 g/mol. The van der Waals surface area contributed by atoms with Gasteiger partial charge in [0.05, 0.1) is 10.6 Å². The molecule has 0 fully saturated rings. The van der Waals surface area contributed by atoms with Crippen molar-refractivity contribution in [1.29, 1.82) is 0 Å². The zero-order valence-electron chi connectivity index (χ0n) is 10.9. The minimum absolute atomic E-state index is 0.122. The zero-order valence-corrected chi connectivity index (χ0v) is 12.5. The van der Waals surface area contributed by atoms with Gasteiger partial charge in [0.25, 0.3) is 0 Å². The Morgan fingerprint density at radius 1 is 1.20 bits per heavy atom. The lowest BCUT2D eigenvalue weighted by Crippen LogP contribution is -2.38. The van der Waals surface area contributed by atoms with Crippen molar-refractivity contribution in [2.45, 2.75) is 23.6 Å². The summed E-state index contributed by atoms with van der Waals surface area (Å²) in [6.45, 7) is 1.21. The molecule has 112 valence electrons. The van der Waals surface area contributed by atoms with Crippen LogP contribution in [0.3, 0.4) is 0 Å². The molecule has 1 unspecified atom stereocenters. The third kappa shape index (κ3) is 4.91. The van der Waals surface area contributed by atoms with Gasteiger partial charge in [0.1, 0.15) is 6.04 Å². The van der Waals surface area contributed by atoms with Crippen molar-refractivity contribution < 1.29 is 26.7 Å². The molecule has 20 heavy (non-hydrogen) atoms. The molecule has 7 nitrogen and oxygen atoms in total. The summed E-state index contributed by atoms with van der Waals surface area (Å²) in [5.41, 5.74) is 0.456. The van der Waals surface area contributed by atoms with Crippen LogP contribution in [0.1, 0.15) is 12.5 Å².